The first kappa shape index (κ1) is 22.7. The van der Waals surface area contributed by atoms with Gasteiger partial charge in [0.2, 0.25) is 11.8 Å². The number of carbonyl (C=O) groups excluding carboxylic acids is 4. The minimum atomic E-state index is -0.649. The number of amides is 4. The van der Waals surface area contributed by atoms with Crippen molar-refractivity contribution in [1.29, 1.82) is 0 Å². The van der Waals surface area contributed by atoms with E-state index in [0.717, 1.165) is 4.90 Å². The van der Waals surface area contributed by atoms with Gasteiger partial charge in [0.25, 0.3) is 11.8 Å². The van der Waals surface area contributed by atoms with Crippen molar-refractivity contribution in [2.45, 2.75) is 13.5 Å². The van der Waals surface area contributed by atoms with Crippen molar-refractivity contribution in [3.63, 3.8) is 0 Å². The number of benzene rings is 2. The van der Waals surface area contributed by atoms with Gasteiger partial charge in [0.1, 0.15) is 12.4 Å². The summed E-state index contributed by atoms with van der Waals surface area (Å²) in [6.07, 6.45) is 0. The number of rotatable bonds is 7. The van der Waals surface area contributed by atoms with Crippen LogP contribution in [-0.2, 0) is 16.1 Å². The number of nitrogens with one attached hydrogen (secondary N) is 1. The molecule has 0 radical (unpaired) electrons. The Hall–Kier alpha value is -2.97. The summed E-state index contributed by atoms with van der Waals surface area (Å²) >= 11 is 11.8. The van der Waals surface area contributed by atoms with E-state index in [0.29, 0.717) is 5.56 Å². The average molecular weight is 466 g/mol. The van der Waals surface area contributed by atoms with Crippen LogP contribution in [-0.4, -0.2) is 53.1 Å². The van der Waals surface area contributed by atoms with Crippen LogP contribution in [0.1, 0.15) is 33.2 Å². The largest absolute Gasteiger partial charge is 0.350 e. The lowest BCUT2D eigenvalue weighted by Crippen LogP contribution is -2.46. The second kappa shape index (κ2) is 9.45. The fourth-order valence-corrected chi connectivity index (χ4v) is 3.40. The first-order valence-electron chi connectivity index (χ1n) is 9.35. The van der Waals surface area contributed by atoms with Gasteiger partial charge < -0.3 is 10.2 Å². The van der Waals surface area contributed by atoms with E-state index in [-0.39, 0.29) is 46.6 Å². The second-order valence-corrected chi connectivity index (χ2v) is 7.63. The summed E-state index contributed by atoms with van der Waals surface area (Å²) < 4.78 is 12.9. The lowest BCUT2D eigenvalue weighted by Gasteiger charge is -2.23. The van der Waals surface area contributed by atoms with Crippen molar-refractivity contribution in [3.8, 4) is 0 Å². The second-order valence-electron chi connectivity index (χ2n) is 6.82. The van der Waals surface area contributed by atoms with Crippen LogP contribution in [0.3, 0.4) is 0 Å². The van der Waals surface area contributed by atoms with Gasteiger partial charge in [0.05, 0.1) is 27.7 Å². The molecule has 162 valence electrons. The summed E-state index contributed by atoms with van der Waals surface area (Å²) in [6, 6.07) is 8.24. The molecule has 3 rings (SSSR count). The molecular weight excluding hydrogens is 448 g/mol. The summed E-state index contributed by atoms with van der Waals surface area (Å²) in [5.41, 5.74) is 0.854. The minimum absolute atomic E-state index is 0.0762. The van der Waals surface area contributed by atoms with Gasteiger partial charge in [-0.15, -0.1) is 0 Å². The van der Waals surface area contributed by atoms with Crippen molar-refractivity contribution >= 4 is 46.8 Å². The Morgan fingerprint density at radius 2 is 1.58 bits per heavy atom. The Kier molecular flexibility index (Phi) is 6.92. The summed E-state index contributed by atoms with van der Waals surface area (Å²) in [6.45, 7) is 1.28. The summed E-state index contributed by atoms with van der Waals surface area (Å²) in [5.74, 6) is -2.67. The molecule has 0 unspecified atom stereocenters. The predicted octanol–water partition coefficient (Wildman–Crippen LogP) is 2.89. The number of fused-ring (bicyclic) bond motifs is 1. The molecule has 0 aliphatic carbocycles. The van der Waals surface area contributed by atoms with Crippen molar-refractivity contribution in [2.75, 3.05) is 19.6 Å². The number of hydrogen-bond donors (Lipinski definition) is 1. The van der Waals surface area contributed by atoms with Gasteiger partial charge >= 0.3 is 0 Å². The molecule has 1 heterocycles. The SMILES string of the molecule is CCN(CC(=O)NCc1ccc(F)cc1)C(=O)CN1C(=O)c2cc(Cl)c(Cl)cc2C1=O. The molecule has 0 saturated carbocycles. The molecule has 0 aromatic heterocycles. The van der Waals surface area contributed by atoms with Gasteiger partial charge in [0, 0.05) is 13.1 Å². The smallest absolute Gasteiger partial charge is 0.262 e. The normalized spacial score (nSPS) is 12.7. The molecule has 1 N–H and O–H groups in total. The van der Waals surface area contributed by atoms with Gasteiger partial charge in [-0.05, 0) is 36.8 Å². The molecule has 31 heavy (non-hydrogen) atoms. The lowest BCUT2D eigenvalue weighted by atomic mass is 10.1. The highest BCUT2D eigenvalue weighted by atomic mass is 35.5. The monoisotopic (exact) mass is 465 g/mol. The van der Waals surface area contributed by atoms with E-state index in [2.05, 4.69) is 5.32 Å². The Morgan fingerprint density at radius 1 is 1.03 bits per heavy atom. The Bertz CT molecular complexity index is 1020. The van der Waals surface area contributed by atoms with Crippen LogP contribution in [0.5, 0.6) is 0 Å². The van der Waals surface area contributed by atoms with E-state index in [1.807, 2.05) is 0 Å². The summed E-state index contributed by atoms with van der Waals surface area (Å²) in [4.78, 5) is 52.0. The van der Waals surface area contributed by atoms with Crippen LogP contribution >= 0.6 is 23.2 Å². The molecule has 0 saturated heterocycles. The number of carbonyl (C=O) groups is 4. The number of nitrogens with zero attached hydrogens (tertiary/aromatic N) is 2. The minimum Gasteiger partial charge on any atom is -0.350 e. The molecule has 1 aliphatic rings. The first-order chi connectivity index (χ1) is 14.7. The molecule has 2 aromatic rings. The summed E-state index contributed by atoms with van der Waals surface area (Å²) in [7, 11) is 0. The lowest BCUT2D eigenvalue weighted by molar-refractivity contribution is -0.136. The van der Waals surface area contributed by atoms with Crippen molar-refractivity contribution < 1.29 is 23.6 Å². The van der Waals surface area contributed by atoms with E-state index in [1.54, 1.807) is 19.1 Å². The van der Waals surface area contributed by atoms with Gasteiger partial charge in [-0.3, -0.25) is 24.1 Å². The Balaban J connectivity index is 1.60. The van der Waals surface area contributed by atoms with Crippen LogP contribution in [0, 0.1) is 5.82 Å². The maximum Gasteiger partial charge on any atom is 0.262 e. The van der Waals surface area contributed by atoms with E-state index >= 15 is 0 Å². The molecule has 0 fully saturated rings. The van der Waals surface area contributed by atoms with Crippen LogP contribution in [0.4, 0.5) is 4.39 Å². The molecular formula is C21H18Cl2FN3O4. The molecule has 10 heteroatoms. The van der Waals surface area contributed by atoms with Gasteiger partial charge in [-0.2, -0.15) is 0 Å². The van der Waals surface area contributed by atoms with Gasteiger partial charge in [0.15, 0.2) is 0 Å². The number of likely N-dealkylation sites (N-methyl/N-ethyl adjacent to an activating group) is 1. The Labute approximate surface area is 187 Å². The number of halogens is 3. The fourth-order valence-electron chi connectivity index (χ4n) is 3.07. The Morgan fingerprint density at radius 3 is 2.10 bits per heavy atom. The van der Waals surface area contributed by atoms with E-state index in [4.69, 9.17) is 23.2 Å². The fraction of sp³-hybridized carbons (Fsp3) is 0.238. The van der Waals surface area contributed by atoms with Crippen molar-refractivity contribution in [3.05, 3.63) is 69.0 Å². The maximum absolute atomic E-state index is 12.9. The van der Waals surface area contributed by atoms with Crippen molar-refractivity contribution in [2.24, 2.45) is 0 Å². The molecule has 2 aromatic carbocycles. The zero-order valence-electron chi connectivity index (χ0n) is 16.5. The van der Waals surface area contributed by atoms with E-state index in [1.165, 1.54) is 29.2 Å². The molecule has 4 amide bonds. The topological polar surface area (TPSA) is 86.8 Å². The highest BCUT2D eigenvalue weighted by molar-refractivity contribution is 6.43. The van der Waals surface area contributed by atoms with E-state index < -0.39 is 30.2 Å². The van der Waals surface area contributed by atoms with Crippen molar-refractivity contribution in [1.82, 2.24) is 15.1 Å². The summed E-state index contributed by atoms with van der Waals surface area (Å²) in [5, 5.41) is 2.90. The highest BCUT2D eigenvalue weighted by Crippen LogP contribution is 2.31. The maximum atomic E-state index is 12.9. The highest BCUT2D eigenvalue weighted by Gasteiger charge is 2.38. The van der Waals surface area contributed by atoms with E-state index in [9.17, 15) is 23.6 Å². The number of hydrogen-bond acceptors (Lipinski definition) is 4. The zero-order chi connectivity index (χ0) is 22.7. The molecule has 7 nitrogen and oxygen atoms in total. The molecule has 1 aliphatic heterocycles. The van der Waals surface area contributed by atoms with Crippen LogP contribution < -0.4 is 5.32 Å². The van der Waals surface area contributed by atoms with Crippen LogP contribution in [0.25, 0.3) is 0 Å². The number of imide groups is 1. The molecule has 0 spiro atoms. The third-order valence-electron chi connectivity index (χ3n) is 4.78. The average Bonchev–Trinajstić information content (AvgIpc) is 2.96. The quantitative estimate of drug-likeness (QED) is 0.636. The van der Waals surface area contributed by atoms with Crippen LogP contribution in [0.15, 0.2) is 36.4 Å². The zero-order valence-corrected chi connectivity index (χ0v) is 18.0. The third kappa shape index (κ3) is 5.03. The molecule has 0 bridgehead atoms. The third-order valence-corrected chi connectivity index (χ3v) is 5.50. The molecule has 0 atom stereocenters. The predicted molar refractivity (Wildman–Crippen MR) is 112 cm³/mol. The standard InChI is InChI=1S/C21H18Cl2FN3O4/c1-2-26(10-18(28)25-9-12-3-5-13(24)6-4-12)19(29)11-27-20(30)14-7-16(22)17(23)8-15(14)21(27)31/h3-8H,2,9-11H2,1H3,(H,25,28). The van der Waals surface area contributed by atoms with Gasteiger partial charge in [-0.1, -0.05) is 35.3 Å². The van der Waals surface area contributed by atoms with Gasteiger partial charge in [-0.25, -0.2) is 4.39 Å². The first-order valence-corrected chi connectivity index (χ1v) is 10.1. The van der Waals surface area contributed by atoms with Crippen LogP contribution in [0.2, 0.25) is 10.0 Å².